The molecule has 0 bridgehead atoms. The average Bonchev–Trinajstić information content (AvgIpc) is 3.34. The van der Waals surface area contributed by atoms with Gasteiger partial charge in [-0.25, -0.2) is 0 Å². The van der Waals surface area contributed by atoms with E-state index in [-0.39, 0.29) is 5.91 Å². The van der Waals surface area contributed by atoms with Gasteiger partial charge in [-0.3, -0.25) is 9.69 Å². The smallest absolute Gasteiger partial charge is 0.255 e. The fourth-order valence-electron chi connectivity index (χ4n) is 4.33. The zero-order valence-electron chi connectivity index (χ0n) is 18.4. The maximum absolute atomic E-state index is 12.7. The molecule has 0 unspecified atom stereocenters. The molecule has 166 valence electrons. The summed E-state index contributed by atoms with van der Waals surface area (Å²) in [5.41, 5.74) is 2.52. The Morgan fingerprint density at radius 1 is 0.903 bits per heavy atom. The van der Waals surface area contributed by atoms with Crippen molar-refractivity contribution in [1.82, 2.24) is 4.90 Å². The van der Waals surface area contributed by atoms with E-state index in [9.17, 15) is 4.79 Å². The van der Waals surface area contributed by atoms with Gasteiger partial charge in [-0.15, -0.1) is 0 Å². The Morgan fingerprint density at radius 2 is 1.61 bits per heavy atom. The minimum Gasteiger partial charge on any atom is -0.493 e. The van der Waals surface area contributed by atoms with Gasteiger partial charge in [0.05, 0.1) is 7.11 Å². The van der Waals surface area contributed by atoms with E-state index in [1.807, 2.05) is 42.5 Å². The Balaban J connectivity index is 1.33. The molecule has 2 saturated heterocycles. The maximum atomic E-state index is 12.7. The van der Waals surface area contributed by atoms with E-state index in [1.165, 1.54) is 37.8 Å². The molecule has 2 aromatic rings. The monoisotopic (exact) mass is 423 g/mol. The van der Waals surface area contributed by atoms with Gasteiger partial charge >= 0.3 is 0 Å². The molecule has 1 N–H and O–H groups in total. The summed E-state index contributed by atoms with van der Waals surface area (Å²) in [5.74, 6) is 1.19. The molecule has 0 radical (unpaired) electrons. The summed E-state index contributed by atoms with van der Waals surface area (Å²) in [5, 5.41) is 2.96. The lowest BCUT2D eigenvalue weighted by atomic mass is 10.1. The lowest BCUT2D eigenvalue weighted by Gasteiger charge is -2.28. The van der Waals surface area contributed by atoms with Crippen LogP contribution in [0.15, 0.2) is 42.5 Å². The molecular formula is C25H33N3O3. The maximum Gasteiger partial charge on any atom is 0.255 e. The van der Waals surface area contributed by atoms with Crippen molar-refractivity contribution in [2.24, 2.45) is 0 Å². The van der Waals surface area contributed by atoms with E-state index in [1.54, 1.807) is 7.11 Å². The summed E-state index contributed by atoms with van der Waals surface area (Å²) in [6.07, 6.45) is 6.34. The van der Waals surface area contributed by atoms with Crippen LogP contribution in [0.4, 0.5) is 11.4 Å². The van der Waals surface area contributed by atoms with Crippen LogP contribution in [0.5, 0.6) is 11.5 Å². The van der Waals surface area contributed by atoms with Crippen molar-refractivity contribution in [3.8, 4) is 11.5 Å². The Hall–Kier alpha value is -2.73. The quantitative estimate of drug-likeness (QED) is 0.682. The van der Waals surface area contributed by atoms with E-state index in [0.29, 0.717) is 29.4 Å². The van der Waals surface area contributed by atoms with Crippen molar-refractivity contribution in [3.05, 3.63) is 48.0 Å². The molecule has 31 heavy (non-hydrogen) atoms. The number of nitrogens with zero attached hydrogens (tertiary/aromatic N) is 2. The molecule has 2 fully saturated rings. The zero-order valence-corrected chi connectivity index (χ0v) is 18.4. The van der Waals surface area contributed by atoms with Crippen LogP contribution in [0, 0.1) is 0 Å². The van der Waals surface area contributed by atoms with E-state index >= 15 is 0 Å². The largest absolute Gasteiger partial charge is 0.493 e. The van der Waals surface area contributed by atoms with Gasteiger partial charge in [0.1, 0.15) is 6.61 Å². The number of rotatable bonds is 8. The van der Waals surface area contributed by atoms with E-state index < -0.39 is 0 Å². The first-order chi connectivity index (χ1) is 15.2. The van der Waals surface area contributed by atoms with Crippen molar-refractivity contribution >= 4 is 17.3 Å². The molecule has 2 heterocycles. The van der Waals surface area contributed by atoms with Gasteiger partial charge < -0.3 is 19.7 Å². The number of carbonyl (C=O) groups excluding carboxylic acids is 1. The Labute approximate surface area is 185 Å². The van der Waals surface area contributed by atoms with Crippen LogP contribution >= 0.6 is 0 Å². The minimum absolute atomic E-state index is 0.130. The number of carbonyl (C=O) groups is 1. The number of amides is 1. The molecule has 0 atom stereocenters. The fraction of sp³-hybridized carbons (Fsp3) is 0.480. The van der Waals surface area contributed by atoms with Gasteiger partial charge in [-0.1, -0.05) is 0 Å². The summed E-state index contributed by atoms with van der Waals surface area (Å²) >= 11 is 0. The molecule has 6 nitrogen and oxygen atoms in total. The zero-order chi connectivity index (χ0) is 21.5. The first-order valence-corrected chi connectivity index (χ1v) is 11.4. The third-order valence-electron chi connectivity index (χ3n) is 6.14. The molecule has 0 spiro atoms. The Morgan fingerprint density at radius 3 is 2.32 bits per heavy atom. The van der Waals surface area contributed by atoms with Gasteiger partial charge in [-0.05, 0) is 81.6 Å². The van der Waals surface area contributed by atoms with Gasteiger partial charge in [0, 0.05) is 42.6 Å². The highest BCUT2D eigenvalue weighted by atomic mass is 16.5. The standard InChI is InChI=1S/C25H33N3O3/c1-30-24-19-21(9-12-23(24)31-18-17-27-13-5-6-14-27)26-25(29)20-7-10-22(11-8-20)28-15-3-2-4-16-28/h7-12,19H,2-6,13-18H2,1H3,(H,26,29). The summed E-state index contributed by atoms with van der Waals surface area (Å²) < 4.78 is 11.4. The molecule has 2 aliphatic heterocycles. The lowest BCUT2D eigenvalue weighted by Crippen LogP contribution is -2.29. The van der Waals surface area contributed by atoms with Crippen molar-refractivity contribution in [3.63, 3.8) is 0 Å². The number of hydrogen-bond donors (Lipinski definition) is 1. The Bertz CT molecular complexity index is 857. The number of likely N-dealkylation sites (tertiary alicyclic amines) is 1. The van der Waals surface area contributed by atoms with Crippen LogP contribution in [0.1, 0.15) is 42.5 Å². The summed E-state index contributed by atoms with van der Waals surface area (Å²) in [6.45, 7) is 6.06. The molecular weight excluding hydrogens is 390 g/mol. The highest BCUT2D eigenvalue weighted by Crippen LogP contribution is 2.30. The SMILES string of the molecule is COc1cc(NC(=O)c2ccc(N3CCCCC3)cc2)ccc1OCCN1CCCC1. The second-order valence-corrected chi connectivity index (χ2v) is 8.31. The molecule has 0 aliphatic carbocycles. The third kappa shape index (κ3) is 5.70. The lowest BCUT2D eigenvalue weighted by molar-refractivity contribution is 0.102. The summed E-state index contributed by atoms with van der Waals surface area (Å²) in [4.78, 5) is 17.5. The molecule has 0 saturated carbocycles. The Kier molecular flexibility index (Phi) is 7.30. The van der Waals surface area contributed by atoms with Crippen LogP contribution < -0.4 is 19.7 Å². The number of benzene rings is 2. The molecule has 2 aliphatic rings. The number of methoxy groups -OCH3 is 1. The molecule has 0 aromatic heterocycles. The van der Waals surface area contributed by atoms with Gasteiger partial charge in [0.25, 0.3) is 5.91 Å². The average molecular weight is 424 g/mol. The summed E-state index contributed by atoms with van der Waals surface area (Å²) in [6, 6.07) is 13.4. The van der Waals surface area contributed by atoms with Crippen molar-refractivity contribution in [2.45, 2.75) is 32.1 Å². The van der Waals surface area contributed by atoms with Crippen LogP contribution in [0.2, 0.25) is 0 Å². The predicted molar refractivity (Wildman–Crippen MR) is 125 cm³/mol. The van der Waals surface area contributed by atoms with Gasteiger partial charge in [0.15, 0.2) is 11.5 Å². The first kappa shape index (κ1) is 21.5. The number of nitrogens with one attached hydrogen (secondary N) is 1. The summed E-state index contributed by atoms with van der Waals surface area (Å²) in [7, 11) is 1.62. The second-order valence-electron chi connectivity index (χ2n) is 8.31. The highest BCUT2D eigenvalue weighted by molar-refractivity contribution is 6.04. The number of ether oxygens (including phenoxy) is 2. The van der Waals surface area contributed by atoms with Gasteiger partial charge in [0.2, 0.25) is 0 Å². The van der Waals surface area contributed by atoms with Crippen LogP contribution in [-0.4, -0.2) is 57.2 Å². The molecule has 6 heteroatoms. The van der Waals surface area contributed by atoms with Gasteiger partial charge in [-0.2, -0.15) is 0 Å². The normalized spacial score (nSPS) is 16.9. The van der Waals surface area contributed by atoms with E-state index in [0.717, 1.165) is 32.7 Å². The fourth-order valence-corrected chi connectivity index (χ4v) is 4.33. The van der Waals surface area contributed by atoms with Crippen molar-refractivity contribution in [1.29, 1.82) is 0 Å². The molecule has 1 amide bonds. The minimum atomic E-state index is -0.130. The number of piperidine rings is 1. The van der Waals surface area contributed by atoms with Crippen molar-refractivity contribution in [2.75, 3.05) is 56.7 Å². The van der Waals surface area contributed by atoms with E-state index in [4.69, 9.17) is 9.47 Å². The van der Waals surface area contributed by atoms with Crippen LogP contribution in [-0.2, 0) is 0 Å². The third-order valence-corrected chi connectivity index (χ3v) is 6.14. The number of anilines is 2. The molecule has 2 aromatic carbocycles. The highest BCUT2D eigenvalue weighted by Gasteiger charge is 2.14. The topological polar surface area (TPSA) is 54.0 Å². The molecule has 4 rings (SSSR count). The predicted octanol–water partition coefficient (Wildman–Crippen LogP) is 4.41. The second kappa shape index (κ2) is 10.5. The first-order valence-electron chi connectivity index (χ1n) is 11.4. The van der Waals surface area contributed by atoms with Crippen LogP contribution in [0.3, 0.4) is 0 Å². The number of hydrogen-bond acceptors (Lipinski definition) is 5. The van der Waals surface area contributed by atoms with Crippen molar-refractivity contribution < 1.29 is 14.3 Å². The van der Waals surface area contributed by atoms with Crippen LogP contribution in [0.25, 0.3) is 0 Å². The van der Waals surface area contributed by atoms with E-state index in [2.05, 4.69) is 15.1 Å².